The number of hydrogen-bond donors (Lipinski definition) is 0. The molecule has 0 N–H and O–H groups in total. The summed E-state index contributed by atoms with van der Waals surface area (Å²) in [5.74, 6) is 0. The van der Waals surface area contributed by atoms with Crippen LogP contribution in [0.15, 0.2) is 22.7 Å². The summed E-state index contributed by atoms with van der Waals surface area (Å²) in [6.07, 6.45) is 1.27. The van der Waals surface area contributed by atoms with Gasteiger partial charge in [-0.2, -0.15) is 5.26 Å². The van der Waals surface area contributed by atoms with Gasteiger partial charge in [-0.25, -0.2) is 0 Å². The first-order valence-corrected chi connectivity index (χ1v) is 4.72. The normalized spacial score (nSPS) is 9.42. The maximum Gasteiger partial charge on any atom is 0.0625 e. The minimum atomic E-state index is 0.527. The second-order valence-corrected chi connectivity index (χ2v) is 3.68. The van der Waals surface area contributed by atoms with E-state index >= 15 is 0 Å². The first-order valence-electron chi connectivity index (χ1n) is 3.55. The number of halogens is 2. The van der Waals surface area contributed by atoms with Gasteiger partial charge in [-0.1, -0.05) is 27.5 Å². The molecule has 0 aromatic heterocycles. The molecule has 1 aromatic carbocycles. The monoisotopic (exact) mass is 243 g/mol. The Morgan fingerprint density at radius 2 is 2.25 bits per heavy atom. The fourth-order valence-electron chi connectivity index (χ4n) is 0.925. The first kappa shape index (κ1) is 9.57. The van der Waals surface area contributed by atoms with Gasteiger partial charge in [-0.3, -0.25) is 0 Å². The van der Waals surface area contributed by atoms with Crippen molar-refractivity contribution in [3.8, 4) is 6.07 Å². The highest BCUT2D eigenvalue weighted by Crippen LogP contribution is 2.22. The van der Waals surface area contributed by atoms with Gasteiger partial charge in [-0.05, 0) is 30.2 Å². The zero-order valence-corrected chi connectivity index (χ0v) is 8.69. The Bertz CT molecular complexity index is 317. The molecule has 0 unspecified atom stereocenters. The predicted octanol–water partition coefficient (Wildman–Crippen LogP) is 3.56. The van der Waals surface area contributed by atoms with Crippen LogP contribution in [-0.4, -0.2) is 0 Å². The molecule has 1 nitrogen and oxygen atoms in total. The van der Waals surface area contributed by atoms with Gasteiger partial charge in [0.1, 0.15) is 0 Å². The Kier molecular flexibility index (Phi) is 3.58. The highest BCUT2D eigenvalue weighted by molar-refractivity contribution is 9.10. The van der Waals surface area contributed by atoms with Gasteiger partial charge in [0.2, 0.25) is 0 Å². The standard InChI is InChI=1S/C9H7BrClN/c10-9-4-3-8(11)6-7(9)2-1-5-12/h3-4,6H,1-2H2. The van der Waals surface area contributed by atoms with Crippen LogP contribution in [0.2, 0.25) is 5.02 Å². The lowest BCUT2D eigenvalue weighted by Gasteiger charge is -2.01. The Morgan fingerprint density at radius 1 is 1.50 bits per heavy atom. The second kappa shape index (κ2) is 4.49. The molecule has 12 heavy (non-hydrogen) atoms. The average molecular weight is 245 g/mol. The van der Waals surface area contributed by atoms with Crippen LogP contribution in [0.1, 0.15) is 12.0 Å². The molecular formula is C9H7BrClN. The topological polar surface area (TPSA) is 23.8 Å². The SMILES string of the molecule is N#CCCc1cc(Cl)ccc1Br. The third kappa shape index (κ3) is 2.51. The highest BCUT2D eigenvalue weighted by atomic mass is 79.9. The molecule has 0 spiro atoms. The lowest BCUT2D eigenvalue weighted by atomic mass is 10.1. The van der Waals surface area contributed by atoms with Crippen LogP contribution in [0.25, 0.3) is 0 Å². The van der Waals surface area contributed by atoms with Gasteiger partial charge in [-0.15, -0.1) is 0 Å². The maximum absolute atomic E-state index is 8.39. The van der Waals surface area contributed by atoms with Crippen LogP contribution in [0.5, 0.6) is 0 Å². The van der Waals surface area contributed by atoms with Crippen LogP contribution in [0.3, 0.4) is 0 Å². The summed E-state index contributed by atoms with van der Waals surface area (Å²) in [6, 6.07) is 7.70. The van der Waals surface area contributed by atoms with E-state index in [1.165, 1.54) is 0 Å². The van der Waals surface area contributed by atoms with E-state index < -0.39 is 0 Å². The van der Waals surface area contributed by atoms with E-state index in [9.17, 15) is 0 Å². The molecule has 0 aliphatic heterocycles. The van der Waals surface area contributed by atoms with Crippen molar-refractivity contribution < 1.29 is 0 Å². The Morgan fingerprint density at radius 3 is 2.92 bits per heavy atom. The van der Waals surface area contributed by atoms with E-state index in [1.807, 2.05) is 18.2 Å². The van der Waals surface area contributed by atoms with Crippen molar-refractivity contribution in [2.45, 2.75) is 12.8 Å². The summed E-state index contributed by atoms with van der Waals surface area (Å²) in [6.45, 7) is 0. The molecule has 1 aromatic rings. The Hall–Kier alpha value is -0.520. The molecule has 3 heteroatoms. The van der Waals surface area contributed by atoms with Crippen molar-refractivity contribution in [3.63, 3.8) is 0 Å². The summed E-state index contributed by atoms with van der Waals surface area (Å²) in [5, 5.41) is 9.10. The van der Waals surface area contributed by atoms with Gasteiger partial charge in [0.25, 0.3) is 0 Å². The lowest BCUT2D eigenvalue weighted by molar-refractivity contribution is 1.00. The fraction of sp³-hybridized carbons (Fsp3) is 0.222. The molecule has 0 amide bonds. The molecule has 62 valence electrons. The van der Waals surface area contributed by atoms with Gasteiger partial charge in [0, 0.05) is 15.9 Å². The van der Waals surface area contributed by atoms with E-state index in [1.54, 1.807) is 0 Å². The van der Waals surface area contributed by atoms with Crippen molar-refractivity contribution in [2.24, 2.45) is 0 Å². The van der Waals surface area contributed by atoms with Crippen molar-refractivity contribution >= 4 is 27.5 Å². The zero-order chi connectivity index (χ0) is 8.97. The Labute approximate surface area is 85.1 Å². The number of nitrogens with zero attached hydrogens (tertiary/aromatic N) is 1. The molecule has 0 saturated heterocycles. The van der Waals surface area contributed by atoms with Gasteiger partial charge in [0.05, 0.1) is 6.07 Å². The van der Waals surface area contributed by atoms with Crippen molar-refractivity contribution in [3.05, 3.63) is 33.3 Å². The number of hydrogen-bond acceptors (Lipinski definition) is 1. The summed E-state index contributed by atoms with van der Waals surface area (Å²) >= 11 is 9.18. The van der Waals surface area contributed by atoms with Gasteiger partial charge in [0.15, 0.2) is 0 Å². The van der Waals surface area contributed by atoms with Crippen LogP contribution in [0, 0.1) is 11.3 Å². The molecule has 0 fully saturated rings. The smallest absolute Gasteiger partial charge is 0.0625 e. The van der Waals surface area contributed by atoms with Gasteiger partial charge < -0.3 is 0 Å². The van der Waals surface area contributed by atoms with Crippen LogP contribution in [0.4, 0.5) is 0 Å². The largest absolute Gasteiger partial charge is 0.198 e. The molecule has 0 saturated carbocycles. The van der Waals surface area contributed by atoms with E-state index in [4.69, 9.17) is 16.9 Å². The van der Waals surface area contributed by atoms with E-state index in [0.717, 1.165) is 16.5 Å². The maximum atomic E-state index is 8.39. The summed E-state index contributed by atoms with van der Waals surface area (Å²) < 4.78 is 1.02. The van der Waals surface area contributed by atoms with Crippen molar-refractivity contribution in [1.82, 2.24) is 0 Å². The molecular weight excluding hydrogens is 237 g/mol. The molecule has 0 atom stereocenters. The molecule has 0 bridgehead atoms. The second-order valence-electron chi connectivity index (χ2n) is 2.39. The van der Waals surface area contributed by atoms with E-state index in [-0.39, 0.29) is 0 Å². The number of aryl methyl sites for hydroxylation is 1. The average Bonchev–Trinajstić information content (AvgIpc) is 2.07. The number of rotatable bonds is 2. The molecule has 0 radical (unpaired) electrons. The van der Waals surface area contributed by atoms with Crippen LogP contribution >= 0.6 is 27.5 Å². The molecule has 0 heterocycles. The first-order chi connectivity index (χ1) is 5.74. The number of nitriles is 1. The third-order valence-corrected chi connectivity index (χ3v) is 2.52. The molecule has 0 aliphatic rings. The Balaban J connectivity index is 2.84. The molecule has 0 aliphatic carbocycles. The lowest BCUT2D eigenvalue weighted by Crippen LogP contribution is -1.85. The highest BCUT2D eigenvalue weighted by Gasteiger charge is 1.99. The van der Waals surface area contributed by atoms with E-state index in [2.05, 4.69) is 22.0 Å². The minimum absolute atomic E-state index is 0.527. The summed E-state index contributed by atoms with van der Waals surface area (Å²) in [5.41, 5.74) is 1.09. The predicted molar refractivity (Wildman–Crippen MR) is 53.1 cm³/mol. The summed E-state index contributed by atoms with van der Waals surface area (Å²) in [4.78, 5) is 0. The molecule has 1 rings (SSSR count). The quantitative estimate of drug-likeness (QED) is 0.780. The fourth-order valence-corrected chi connectivity index (χ4v) is 1.57. The van der Waals surface area contributed by atoms with Crippen molar-refractivity contribution in [1.29, 1.82) is 5.26 Å². The summed E-state index contributed by atoms with van der Waals surface area (Å²) in [7, 11) is 0. The zero-order valence-electron chi connectivity index (χ0n) is 6.35. The third-order valence-electron chi connectivity index (χ3n) is 1.51. The number of benzene rings is 1. The van der Waals surface area contributed by atoms with Crippen LogP contribution < -0.4 is 0 Å². The minimum Gasteiger partial charge on any atom is -0.198 e. The van der Waals surface area contributed by atoms with Gasteiger partial charge >= 0.3 is 0 Å². The van der Waals surface area contributed by atoms with Crippen molar-refractivity contribution in [2.75, 3.05) is 0 Å². The van der Waals surface area contributed by atoms with E-state index in [0.29, 0.717) is 11.4 Å². The van der Waals surface area contributed by atoms with Crippen LogP contribution in [-0.2, 0) is 6.42 Å².